The highest BCUT2D eigenvalue weighted by atomic mass is 35.5. The predicted octanol–water partition coefficient (Wildman–Crippen LogP) is 3.71. The van der Waals surface area contributed by atoms with Crippen molar-refractivity contribution in [2.45, 2.75) is 44.4 Å². The maximum absolute atomic E-state index is 12.2. The number of nitriles is 1. The Morgan fingerprint density at radius 1 is 1.38 bits per heavy atom. The predicted molar refractivity (Wildman–Crippen MR) is 84.7 cm³/mol. The van der Waals surface area contributed by atoms with E-state index >= 15 is 0 Å². The van der Waals surface area contributed by atoms with Gasteiger partial charge in [0.2, 0.25) is 10.0 Å². The second-order valence-corrected chi connectivity index (χ2v) is 7.20. The van der Waals surface area contributed by atoms with E-state index in [9.17, 15) is 8.42 Å². The van der Waals surface area contributed by atoms with Crippen molar-refractivity contribution in [3.8, 4) is 6.07 Å². The number of nitrogens with zero attached hydrogens (tertiary/aromatic N) is 1. The molecular formula is C15H21ClN2O2S. The van der Waals surface area contributed by atoms with E-state index in [0.29, 0.717) is 12.5 Å². The first-order chi connectivity index (χ1) is 9.94. The molecule has 0 spiro atoms. The van der Waals surface area contributed by atoms with Gasteiger partial charge in [-0.05, 0) is 30.5 Å². The van der Waals surface area contributed by atoms with E-state index in [2.05, 4.69) is 18.6 Å². The van der Waals surface area contributed by atoms with E-state index in [1.54, 1.807) is 0 Å². The van der Waals surface area contributed by atoms with Gasteiger partial charge in [0.05, 0.1) is 15.5 Å². The van der Waals surface area contributed by atoms with Crippen molar-refractivity contribution < 1.29 is 8.42 Å². The molecule has 21 heavy (non-hydrogen) atoms. The molecule has 116 valence electrons. The maximum Gasteiger partial charge on any atom is 0.240 e. The van der Waals surface area contributed by atoms with Crippen LogP contribution in [0.25, 0.3) is 0 Å². The Kier molecular flexibility index (Phi) is 7.16. The third-order valence-electron chi connectivity index (χ3n) is 3.48. The second kappa shape index (κ2) is 8.38. The van der Waals surface area contributed by atoms with Crippen molar-refractivity contribution in [3.05, 3.63) is 28.8 Å². The van der Waals surface area contributed by atoms with Crippen LogP contribution in [0.2, 0.25) is 5.02 Å². The fourth-order valence-corrected chi connectivity index (χ4v) is 3.44. The standard InChI is InChI=1S/C15H21ClN2O2S/c1-3-5-6-12(4-2)11-18-21(19,20)14-8-7-13(10-17)15(16)9-14/h7-9,12,18H,3-6,11H2,1-2H3. The molecule has 0 saturated heterocycles. The SMILES string of the molecule is CCCCC(CC)CNS(=O)(=O)c1ccc(C#N)c(Cl)c1. The summed E-state index contributed by atoms with van der Waals surface area (Å²) in [5.74, 6) is 0.341. The Morgan fingerprint density at radius 2 is 2.10 bits per heavy atom. The smallest absolute Gasteiger partial charge is 0.211 e. The van der Waals surface area contributed by atoms with Crippen LogP contribution in [0.1, 0.15) is 45.1 Å². The molecule has 1 rings (SSSR count). The molecule has 0 bridgehead atoms. The van der Waals surface area contributed by atoms with Crippen molar-refractivity contribution in [2.24, 2.45) is 5.92 Å². The van der Waals surface area contributed by atoms with Gasteiger partial charge in [-0.15, -0.1) is 0 Å². The van der Waals surface area contributed by atoms with Gasteiger partial charge in [-0.25, -0.2) is 13.1 Å². The molecule has 0 aliphatic heterocycles. The summed E-state index contributed by atoms with van der Waals surface area (Å²) >= 11 is 5.88. The first-order valence-electron chi connectivity index (χ1n) is 7.13. The highest BCUT2D eigenvalue weighted by Crippen LogP contribution is 2.20. The number of rotatable bonds is 8. The molecule has 0 heterocycles. The monoisotopic (exact) mass is 328 g/mol. The fraction of sp³-hybridized carbons (Fsp3) is 0.533. The molecule has 1 N–H and O–H groups in total. The van der Waals surface area contributed by atoms with Crippen LogP contribution in [0.5, 0.6) is 0 Å². The molecule has 1 atom stereocenters. The van der Waals surface area contributed by atoms with Crippen molar-refractivity contribution in [2.75, 3.05) is 6.54 Å². The number of hydrogen-bond acceptors (Lipinski definition) is 3. The van der Waals surface area contributed by atoms with Gasteiger partial charge in [0.25, 0.3) is 0 Å². The van der Waals surface area contributed by atoms with E-state index < -0.39 is 10.0 Å². The van der Waals surface area contributed by atoms with Crippen LogP contribution in [-0.2, 0) is 10.0 Å². The van der Waals surface area contributed by atoms with Crippen LogP contribution in [0.15, 0.2) is 23.1 Å². The van der Waals surface area contributed by atoms with Gasteiger partial charge in [-0.1, -0.05) is 44.7 Å². The molecule has 0 amide bonds. The zero-order chi connectivity index (χ0) is 15.9. The average Bonchev–Trinajstić information content (AvgIpc) is 2.47. The molecule has 6 heteroatoms. The Hall–Kier alpha value is -1.09. The molecule has 4 nitrogen and oxygen atoms in total. The molecule has 0 aliphatic rings. The Labute approximate surface area is 132 Å². The summed E-state index contributed by atoms with van der Waals surface area (Å²) in [4.78, 5) is 0.0943. The molecule has 0 radical (unpaired) electrons. The molecule has 0 aliphatic carbocycles. The van der Waals surface area contributed by atoms with Crippen LogP contribution in [0.3, 0.4) is 0 Å². The topological polar surface area (TPSA) is 70.0 Å². The quantitative estimate of drug-likeness (QED) is 0.790. The summed E-state index contributed by atoms with van der Waals surface area (Å²) < 4.78 is 27.1. The van der Waals surface area contributed by atoms with Gasteiger partial charge in [0, 0.05) is 6.54 Å². The third kappa shape index (κ3) is 5.31. The number of hydrogen-bond donors (Lipinski definition) is 1. The Balaban J connectivity index is 2.77. The second-order valence-electron chi connectivity index (χ2n) is 5.02. The van der Waals surface area contributed by atoms with E-state index in [0.717, 1.165) is 25.7 Å². The van der Waals surface area contributed by atoms with Gasteiger partial charge in [0.1, 0.15) is 6.07 Å². The summed E-state index contributed by atoms with van der Waals surface area (Å²) in [6.07, 6.45) is 4.16. The summed E-state index contributed by atoms with van der Waals surface area (Å²) in [6, 6.07) is 6.05. The number of unbranched alkanes of at least 4 members (excludes halogenated alkanes) is 1. The first kappa shape index (κ1) is 18.0. The zero-order valence-corrected chi connectivity index (χ0v) is 14.0. The molecule has 1 aromatic carbocycles. The minimum absolute atomic E-state index is 0.0943. The van der Waals surface area contributed by atoms with Crippen molar-refractivity contribution in [1.82, 2.24) is 4.72 Å². The van der Waals surface area contributed by atoms with Crippen molar-refractivity contribution in [3.63, 3.8) is 0 Å². The molecule has 0 saturated carbocycles. The van der Waals surface area contributed by atoms with E-state index in [1.807, 2.05) is 6.07 Å². The van der Waals surface area contributed by atoms with Gasteiger partial charge >= 0.3 is 0 Å². The van der Waals surface area contributed by atoms with Crippen molar-refractivity contribution >= 4 is 21.6 Å². The number of sulfonamides is 1. The first-order valence-corrected chi connectivity index (χ1v) is 9.00. The maximum atomic E-state index is 12.2. The summed E-state index contributed by atoms with van der Waals surface area (Å²) in [5, 5.41) is 8.95. The zero-order valence-electron chi connectivity index (χ0n) is 12.4. The van der Waals surface area contributed by atoms with E-state index in [-0.39, 0.29) is 15.5 Å². The summed E-state index contributed by atoms with van der Waals surface area (Å²) in [7, 11) is -3.58. The largest absolute Gasteiger partial charge is 0.240 e. The number of halogens is 1. The summed E-state index contributed by atoms with van der Waals surface area (Å²) in [6.45, 7) is 4.61. The third-order valence-corrected chi connectivity index (χ3v) is 5.21. The lowest BCUT2D eigenvalue weighted by Gasteiger charge is -2.15. The highest BCUT2D eigenvalue weighted by molar-refractivity contribution is 7.89. The lowest BCUT2D eigenvalue weighted by atomic mass is 10.00. The van der Waals surface area contributed by atoms with E-state index in [4.69, 9.17) is 16.9 Å². The minimum atomic E-state index is -3.58. The van der Waals surface area contributed by atoms with Crippen LogP contribution in [-0.4, -0.2) is 15.0 Å². The van der Waals surface area contributed by atoms with Crippen LogP contribution < -0.4 is 4.72 Å². The van der Waals surface area contributed by atoms with Gasteiger partial charge in [0.15, 0.2) is 0 Å². The molecule has 0 aromatic heterocycles. The highest BCUT2D eigenvalue weighted by Gasteiger charge is 2.17. The molecule has 1 unspecified atom stereocenters. The molecule has 1 aromatic rings. The van der Waals surface area contributed by atoms with Crippen LogP contribution in [0.4, 0.5) is 0 Å². The summed E-state index contributed by atoms with van der Waals surface area (Å²) in [5.41, 5.74) is 0.269. The number of nitrogens with one attached hydrogen (secondary N) is 1. The molecular weight excluding hydrogens is 308 g/mol. The van der Waals surface area contributed by atoms with E-state index in [1.165, 1.54) is 18.2 Å². The van der Waals surface area contributed by atoms with Crippen LogP contribution >= 0.6 is 11.6 Å². The van der Waals surface area contributed by atoms with Gasteiger partial charge in [-0.2, -0.15) is 5.26 Å². The van der Waals surface area contributed by atoms with Crippen LogP contribution in [0, 0.1) is 17.2 Å². The normalized spacial score (nSPS) is 12.9. The molecule has 0 fully saturated rings. The minimum Gasteiger partial charge on any atom is -0.211 e. The fourth-order valence-electron chi connectivity index (χ4n) is 2.01. The van der Waals surface area contributed by atoms with Crippen molar-refractivity contribution in [1.29, 1.82) is 5.26 Å². The Bertz CT molecular complexity index is 609. The lowest BCUT2D eigenvalue weighted by molar-refractivity contribution is 0.444. The number of benzene rings is 1. The lowest BCUT2D eigenvalue weighted by Crippen LogP contribution is -2.29. The van der Waals surface area contributed by atoms with Gasteiger partial charge in [-0.3, -0.25) is 0 Å². The van der Waals surface area contributed by atoms with Gasteiger partial charge < -0.3 is 0 Å². The average molecular weight is 329 g/mol. The Morgan fingerprint density at radius 3 is 2.62 bits per heavy atom.